The first-order valence-electron chi connectivity index (χ1n) is 6.81. The van der Waals surface area contributed by atoms with Crippen molar-refractivity contribution in [2.24, 2.45) is 0 Å². The molecule has 6 heteroatoms. The summed E-state index contributed by atoms with van der Waals surface area (Å²) in [4.78, 5) is 0. The molecule has 1 unspecified atom stereocenters. The molecule has 114 valence electrons. The van der Waals surface area contributed by atoms with E-state index in [1.54, 1.807) is 38.1 Å². The lowest BCUT2D eigenvalue weighted by Crippen LogP contribution is -2.08. The fraction of sp³-hybridized carbons (Fsp3) is 0.333. The van der Waals surface area contributed by atoms with Gasteiger partial charge in [0.15, 0.2) is 0 Å². The van der Waals surface area contributed by atoms with Gasteiger partial charge in [0.25, 0.3) is 0 Å². The third kappa shape index (κ3) is 3.55. The second kappa shape index (κ2) is 7.23. The molecule has 0 saturated heterocycles. The standard InChI is InChI=1S/C15H19O4PS/c1-3-18-20(17,19-4-2)15(12-9-10-21-11-12)13-7-5-6-8-14(13)16/h5-11,15-16H,3-4H2,1-2H3. The summed E-state index contributed by atoms with van der Waals surface area (Å²) < 4.78 is 24.2. The molecule has 1 heterocycles. The third-order valence-electron chi connectivity index (χ3n) is 3.02. The van der Waals surface area contributed by atoms with E-state index in [9.17, 15) is 9.67 Å². The zero-order valence-corrected chi connectivity index (χ0v) is 13.8. The molecule has 4 nitrogen and oxygen atoms in total. The number of phenolic OH excluding ortho intramolecular Hbond substituents is 1. The van der Waals surface area contributed by atoms with Gasteiger partial charge in [0.05, 0.1) is 13.2 Å². The Morgan fingerprint density at radius 3 is 2.38 bits per heavy atom. The molecule has 1 aromatic carbocycles. The molecule has 0 aliphatic carbocycles. The maximum atomic E-state index is 13.2. The molecular weight excluding hydrogens is 307 g/mol. The normalized spacial score (nSPS) is 13.2. The van der Waals surface area contributed by atoms with Crippen LogP contribution in [0.15, 0.2) is 41.1 Å². The number of hydrogen-bond donors (Lipinski definition) is 1. The monoisotopic (exact) mass is 326 g/mol. The molecule has 1 aromatic heterocycles. The molecule has 1 N–H and O–H groups in total. The van der Waals surface area contributed by atoms with Crippen LogP contribution in [-0.2, 0) is 13.6 Å². The Kier molecular flexibility index (Phi) is 5.59. The van der Waals surface area contributed by atoms with Gasteiger partial charge < -0.3 is 14.2 Å². The van der Waals surface area contributed by atoms with Crippen molar-refractivity contribution in [2.75, 3.05) is 13.2 Å². The van der Waals surface area contributed by atoms with Gasteiger partial charge in [-0.05, 0) is 42.3 Å². The Morgan fingerprint density at radius 2 is 1.86 bits per heavy atom. The lowest BCUT2D eigenvalue weighted by atomic mass is 10.1. The molecule has 0 fully saturated rings. The van der Waals surface area contributed by atoms with Crippen molar-refractivity contribution in [3.8, 4) is 5.75 Å². The molecule has 0 aliphatic rings. The van der Waals surface area contributed by atoms with Gasteiger partial charge in [-0.25, -0.2) is 0 Å². The fourth-order valence-electron chi connectivity index (χ4n) is 2.23. The van der Waals surface area contributed by atoms with Crippen molar-refractivity contribution < 1.29 is 18.7 Å². The van der Waals surface area contributed by atoms with Gasteiger partial charge in [-0.15, -0.1) is 0 Å². The predicted molar refractivity (Wildman–Crippen MR) is 85.1 cm³/mol. The van der Waals surface area contributed by atoms with Crippen LogP contribution in [0, 0.1) is 0 Å². The SMILES string of the molecule is CCOP(=O)(OCC)C(c1ccsc1)c1ccccc1O. The van der Waals surface area contributed by atoms with Gasteiger partial charge in [-0.3, -0.25) is 4.57 Å². The van der Waals surface area contributed by atoms with Crippen LogP contribution in [0.2, 0.25) is 0 Å². The summed E-state index contributed by atoms with van der Waals surface area (Å²) in [5.74, 6) is 0.0910. The zero-order valence-electron chi connectivity index (χ0n) is 12.1. The summed E-state index contributed by atoms with van der Waals surface area (Å²) in [6.07, 6.45) is 0. The zero-order chi connectivity index (χ0) is 15.3. The average Bonchev–Trinajstić information content (AvgIpc) is 2.95. The Bertz CT molecular complexity index is 602. The molecular formula is C15H19O4PS. The van der Waals surface area contributed by atoms with Gasteiger partial charge in [0.2, 0.25) is 0 Å². The molecule has 2 rings (SSSR count). The van der Waals surface area contributed by atoms with Crippen molar-refractivity contribution in [1.29, 1.82) is 0 Å². The Balaban J connectivity index is 2.56. The van der Waals surface area contributed by atoms with Gasteiger partial charge >= 0.3 is 7.60 Å². The van der Waals surface area contributed by atoms with Crippen molar-refractivity contribution >= 4 is 18.9 Å². The number of rotatable bonds is 7. The van der Waals surface area contributed by atoms with Gasteiger partial charge in [0, 0.05) is 5.56 Å². The van der Waals surface area contributed by atoms with E-state index in [0.717, 1.165) is 5.56 Å². The van der Waals surface area contributed by atoms with Crippen molar-refractivity contribution in [3.05, 3.63) is 52.2 Å². The van der Waals surface area contributed by atoms with E-state index in [1.165, 1.54) is 11.3 Å². The van der Waals surface area contributed by atoms with E-state index >= 15 is 0 Å². The first kappa shape index (κ1) is 16.2. The first-order valence-corrected chi connectivity index (χ1v) is 9.36. The van der Waals surface area contributed by atoms with Crippen LogP contribution >= 0.6 is 18.9 Å². The third-order valence-corrected chi connectivity index (χ3v) is 6.17. The number of phenols is 1. The van der Waals surface area contributed by atoms with Crippen LogP contribution in [0.3, 0.4) is 0 Å². The minimum absolute atomic E-state index is 0.0910. The number of benzene rings is 1. The Labute approximate surface area is 128 Å². The fourth-order valence-corrected chi connectivity index (χ4v) is 5.19. The second-order valence-electron chi connectivity index (χ2n) is 4.39. The Morgan fingerprint density at radius 1 is 1.19 bits per heavy atom. The molecule has 0 bridgehead atoms. The van der Waals surface area contributed by atoms with Gasteiger partial charge in [0.1, 0.15) is 11.4 Å². The van der Waals surface area contributed by atoms with Crippen molar-refractivity contribution in [2.45, 2.75) is 19.5 Å². The molecule has 1 atom stereocenters. The average molecular weight is 326 g/mol. The first-order chi connectivity index (χ1) is 10.1. The summed E-state index contributed by atoms with van der Waals surface area (Å²) in [6.45, 7) is 4.12. The summed E-state index contributed by atoms with van der Waals surface area (Å²) >= 11 is 1.51. The van der Waals surface area contributed by atoms with Gasteiger partial charge in [-0.1, -0.05) is 18.2 Å². The maximum absolute atomic E-state index is 13.2. The van der Waals surface area contributed by atoms with Crippen LogP contribution < -0.4 is 0 Å². The van der Waals surface area contributed by atoms with Crippen LogP contribution in [0.4, 0.5) is 0 Å². The lowest BCUT2D eigenvalue weighted by molar-refractivity contribution is 0.214. The highest BCUT2D eigenvalue weighted by atomic mass is 32.1. The van der Waals surface area contributed by atoms with Crippen LogP contribution in [-0.4, -0.2) is 18.3 Å². The number of thiophene rings is 1. The van der Waals surface area contributed by atoms with E-state index in [0.29, 0.717) is 5.56 Å². The van der Waals surface area contributed by atoms with Crippen LogP contribution in [0.1, 0.15) is 30.6 Å². The topological polar surface area (TPSA) is 55.8 Å². The van der Waals surface area contributed by atoms with Crippen LogP contribution in [0.25, 0.3) is 0 Å². The van der Waals surface area contributed by atoms with E-state index in [-0.39, 0.29) is 19.0 Å². The quantitative estimate of drug-likeness (QED) is 0.742. The molecule has 0 spiro atoms. The predicted octanol–water partition coefficient (Wildman–Crippen LogP) is 4.81. The van der Waals surface area contributed by atoms with E-state index in [1.807, 2.05) is 16.8 Å². The minimum atomic E-state index is -3.42. The summed E-state index contributed by atoms with van der Waals surface area (Å²) in [7, 11) is -3.42. The summed E-state index contributed by atoms with van der Waals surface area (Å²) in [5, 5.41) is 14.0. The van der Waals surface area contributed by atoms with E-state index in [2.05, 4.69) is 0 Å². The maximum Gasteiger partial charge on any atom is 0.342 e. The smallest absolute Gasteiger partial charge is 0.342 e. The van der Waals surface area contributed by atoms with Crippen molar-refractivity contribution in [1.82, 2.24) is 0 Å². The highest BCUT2D eigenvalue weighted by Crippen LogP contribution is 2.64. The van der Waals surface area contributed by atoms with Crippen molar-refractivity contribution in [3.63, 3.8) is 0 Å². The molecule has 21 heavy (non-hydrogen) atoms. The number of para-hydroxylation sites is 1. The van der Waals surface area contributed by atoms with E-state index in [4.69, 9.17) is 9.05 Å². The summed E-state index contributed by atoms with van der Waals surface area (Å²) in [6, 6.07) is 8.75. The highest BCUT2D eigenvalue weighted by molar-refractivity contribution is 7.54. The van der Waals surface area contributed by atoms with Crippen LogP contribution in [0.5, 0.6) is 5.75 Å². The molecule has 0 amide bonds. The molecule has 2 aromatic rings. The minimum Gasteiger partial charge on any atom is -0.508 e. The number of hydrogen-bond acceptors (Lipinski definition) is 5. The highest BCUT2D eigenvalue weighted by Gasteiger charge is 2.39. The molecule has 0 saturated carbocycles. The lowest BCUT2D eigenvalue weighted by Gasteiger charge is -2.26. The molecule has 0 aliphatic heterocycles. The summed E-state index contributed by atoms with van der Waals surface area (Å²) in [5.41, 5.74) is 0.762. The van der Waals surface area contributed by atoms with Gasteiger partial charge in [-0.2, -0.15) is 11.3 Å². The molecule has 0 radical (unpaired) electrons. The largest absolute Gasteiger partial charge is 0.508 e. The second-order valence-corrected chi connectivity index (χ2v) is 7.29. The van der Waals surface area contributed by atoms with E-state index < -0.39 is 13.3 Å². The Hall–Kier alpha value is -1.13. The number of aromatic hydroxyl groups is 1.